The van der Waals surface area contributed by atoms with Gasteiger partial charge in [0.15, 0.2) is 6.04 Å². The summed E-state index contributed by atoms with van der Waals surface area (Å²) in [5.41, 5.74) is -0.0778. The predicted molar refractivity (Wildman–Crippen MR) is 77.5 cm³/mol. The molecule has 9 heteroatoms. The topological polar surface area (TPSA) is 88.1 Å². The van der Waals surface area contributed by atoms with Crippen LogP contribution in [-0.2, 0) is 9.53 Å². The Morgan fingerprint density at radius 1 is 1.45 bits per heavy atom. The molecule has 1 N–H and O–H groups in total. The first-order valence-corrected chi connectivity index (χ1v) is 6.96. The molecule has 0 spiro atoms. The summed E-state index contributed by atoms with van der Waals surface area (Å²) in [7, 11) is 0. The molecule has 0 fully saturated rings. The number of nitroso groups, excluding NO2 is 1. The smallest absolute Gasteiger partial charge is 0.341 e. The first-order valence-electron chi connectivity index (χ1n) is 6.43. The summed E-state index contributed by atoms with van der Waals surface area (Å²) < 4.78 is 18.7. The van der Waals surface area contributed by atoms with Gasteiger partial charge in [-0.1, -0.05) is 18.2 Å². The SMILES string of the molecule is CCOC(=O)C(NC(=O)N(CCCl)N=O)c1ccccc1F. The van der Waals surface area contributed by atoms with Crippen molar-refractivity contribution in [2.24, 2.45) is 5.29 Å². The van der Waals surface area contributed by atoms with Gasteiger partial charge in [0.1, 0.15) is 5.82 Å². The van der Waals surface area contributed by atoms with Gasteiger partial charge in [0.2, 0.25) is 0 Å². The van der Waals surface area contributed by atoms with E-state index in [2.05, 4.69) is 10.6 Å². The van der Waals surface area contributed by atoms with Gasteiger partial charge in [0.05, 0.1) is 18.4 Å². The molecule has 22 heavy (non-hydrogen) atoms. The van der Waals surface area contributed by atoms with Gasteiger partial charge in [0, 0.05) is 11.4 Å². The first kappa shape index (κ1) is 17.8. The Hall–Kier alpha value is -2.22. The highest BCUT2D eigenvalue weighted by Gasteiger charge is 2.28. The van der Waals surface area contributed by atoms with E-state index in [1.165, 1.54) is 18.2 Å². The third kappa shape index (κ3) is 4.66. The highest BCUT2D eigenvalue weighted by Crippen LogP contribution is 2.19. The molecule has 120 valence electrons. The van der Waals surface area contributed by atoms with Crippen molar-refractivity contribution in [2.45, 2.75) is 13.0 Å². The lowest BCUT2D eigenvalue weighted by atomic mass is 10.1. The molecule has 0 aliphatic rings. The number of esters is 1. The van der Waals surface area contributed by atoms with Crippen LogP contribution in [0.1, 0.15) is 18.5 Å². The van der Waals surface area contributed by atoms with E-state index in [0.29, 0.717) is 5.01 Å². The average Bonchev–Trinajstić information content (AvgIpc) is 2.51. The molecule has 1 rings (SSSR count). The van der Waals surface area contributed by atoms with Crippen molar-refractivity contribution in [1.29, 1.82) is 0 Å². The lowest BCUT2D eigenvalue weighted by Gasteiger charge is -2.20. The van der Waals surface area contributed by atoms with E-state index >= 15 is 0 Å². The third-order valence-corrected chi connectivity index (χ3v) is 2.80. The number of halogens is 2. The van der Waals surface area contributed by atoms with Crippen LogP contribution >= 0.6 is 11.6 Å². The van der Waals surface area contributed by atoms with Gasteiger partial charge in [-0.05, 0) is 13.0 Å². The van der Waals surface area contributed by atoms with Crippen LogP contribution < -0.4 is 5.32 Å². The number of alkyl halides is 1. The molecule has 0 aliphatic carbocycles. The largest absolute Gasteiger partial charge is 0.464 e. The predicted octanol–water partition coefficient (Wildman–Crippen LogP) is 2.36. The van der Waals surface area contributed by atoms with Gasteiger partial charge in [0.25, 0.3) is 0 Å². The number of benzene rings is 1. The maximum Gasteiger partial charge on any atom is 0.341 e. The summed E-state index contributed by atoms with van der Waals surface area (Å²) >= 11 is 5.44. The summed E-state index contributed by atoms with van der Waals surface area (Å²) in [5.74, 6) is -1.57. The number of rotatable bonds is 7. The molecule has 2 amide bonds. The Balaban J connectivity index is 3.01. The van der Waals surface area contributed by atoms with Crippen molar-refractivity contribution < 1.29 is 18.7 Å². The van der Waals surface area contributed by atoms with E-state index in [0.717, 1.165) is 6.07 Å². The summed E-state index contributed by atoms with van der Waals surface area (Å²) in [4.78, 5) is 34.4. The second-order valence-electron chi connectivity index (χ2n) is 4.05. The molecule has 0 saturated carbocycles. The number of carbonyl (C=O) groups excluding carboxylic acids is 2. The summed E-state index contributed by atoms with van der Waals surface area (Å²) in [6.07, 6.45) is 0. The standard InChI is InChI=1S/C13H15ClFN3O4/c1-2-22-12(19)11(9-5-3-4-6-10(9)15)16-13(20)18(17-21)8-7-14/h3-6,11H,2,7-8H2,1H3,(H,16,20). The lowest BCUT2D eigenvalue weighted by molar-refractivity contribution is -0.145. The zero-order valence-corrected chi connectivity index (χ0v) is 12.5. The summed E-state index contributed by atoms with van der Waals surface area (Å²) in [6.45, 7) is 1.48. The van der Waals surface area contributed by atoms with Crippen LogP contribution in [0.2, 0.25) is 0 Å². The fraction of sp³-hybridized carbons (Fsp3) is 0.385. The van der Waals surface area contributed by atoms with Gasteiger partial charge < -0.3 is 10.1 Å². The van der Waals surface area contributed by atoms with Crippen LogP contribution in [0.5, 0.6) is 0 Å². The highest BCUT2D eigenvalue weighted by atomic mass is 35.5. The molecule has 0 aliphatic heterocycles. The number of urea groups is 1. The zero-order chi connectivity index (χ0) is 16.5. The van der Waals surface area contributed by atoms with E-state index < -0.39 is 23.9 Å². The Labute approximate surface area is 131 Å². The maximum absolute atomic E-state index is 13.8. The van der Waals surface area contributed by atoms with Crippen molar-refractivity contribution in [3.8, 4) is 0 Å². The molecular formula is C13H15ClFN3O4. The van der Waals surface area contributed by atoms with Gasteiger partial charge in [-0.25, -0.2) is 14.0 Å². The second kappa shape index (κ2) is 8.93. The molecule has 0 radical (unpaired) electrons. The number of carbonyl (C=O) groups is 2. The fourth-order valence-corrected chi connectivity index (χ4v) is 1.82. The molecule has 1 unspecified atom stereocenters. The number of hydrogen-bond donors (Lipinski definition) is 1. The van der Waals surface area contributed by atoms with Crippen LogP contribution in [0.15, 0.2) is 29.6 Å². The van der Waals surface area contributed by atoms with Crippen LogP contribution in [-0.4, -0.2) is 36.0 Å². The van der Waals surface area contributed by atoms with E-state index in [1.807, 2.05) is 0 Å². The highest BCUT2D eigenvalue weighted by molar-refractivity contribution is 6.18. The Bertz CT molecular complexity index is 544. The van der Waals surface area contributed by atoms with E-state index in [9.17, 15) is 18.9 Å². The Kier molecular flexibility index (Phi) is 7.24. The van der Waals surface area contributed by atoms with Gasteiger partial charge in [-0.3, -0.25) is 0 Å². The van der Waals surface area contributed by atoms with E-state index in [-0.39, 0.29) is 24.6 Å². The van der Waals surface area contributed by atoms with Gasteiger partial charge in [-0.15, -0.1) is 16.5 Å². The molecule has 1 atom stereocenters. The number of ether oxygens (including phenoxy) is 1. The fourth-order valence-electron chi connectivity index (χ4n) is 1.66. The third-order valence-electron chi connectivity index (χ3n) is 2.64. The normalized spacial score (nSPS) is 11.4. The minimum atomic E-state index is -1.40. The Morgan fingerprint density at radius 2 is 2.14 bits per heavy atom. The van der Waals surface area contributed by atoms with E-state index in [4.69, 9.17) is 16.3 Å². The minimum Gasteiger partial charge on any atom is -0.464 e. The maximum atomic E-state index is 13.8. The molecule has 1 aromatic carbocycles. The van der Waals surface area contributed by atoms with Crippen molar-refractivity contribution in [2.75, 3.05) is 19.0 Å². The number of nitrogens with one attached hydrogen (secondary N) is 1. The zero-order valence-electron chi connectivity index (χ0n) is 11.8. The monoisotopic (exact) mass is 331 g/mol. The van der Waals surface area contributed by atoms with Crippen LogP contribution in [0, 0.1) is 10.7 Å². The number of amides is 2. The van der Waals surface area contributed by atoms with Crippen LogP contribution in [0.25, 0.3) is 0 Å². The quantitative estimate of drug-likeness (QED) is 0.359. The molecule has 0 bridgehead atoms. The first-order chi connectivity index (χ1) is 10.5. The molecule has 0 heterocycles. The van der Waals surface area contributed by atoms with Gasteiger partial charge >= 0.3 is 12.0 Å². The lowest BCUT2D eigenvalue weighted by Crippen LogP contribution is -2.42. The average molecular weight is 332 g/mol. The van der Waals surface area contributed by atoms with Crippen molar-refractivity contribution in [3.63, 3.8) is 0 Å². The van der Waals surface area contributed by atoms with Crippen LogP contribution in [0.3, 0.4) is 0 Å². The summed E-state index contributed by atoms with van der Waals surface area (Å²) in [5, 5.41) is 5.21. The number of nitrogens with zero attached hydrogens (tertiary/aromatic N) is 2. The van der Waals surface area contributed by atoms with Crippen molar-refractivity contribution in [3.05, 3.63) is 40.6 Å². The molecule has 0 aromatic heterocycles. The van der Waals surface area contributed by atoms with Crippen molar-refractivity contribution in [1.82, 2.24) is 10.3 Å². The van der Waals surface area contributed by atoms with Gasteiger partial charge in [-0.2, -0.15) is 5.01 Å². The molecule has 0 saturated heterocycles. The second-order valence-corrected chi connectivity index (χ2v) is 4.43. The molecule has 1 aromatic rings. The van der Waals surface area contributed by atoms with Crippen molar-refractivity contribution >= 4 is 23.6 Å². The summed E-state index contributed by atoms with van der Waals surface area (Å²) in [6, 6.07) is 3.05. The van der Waals surface area contributed by atoms with Crippen LogP contribution in [0.4, 0.5) is 9.18 Å². The van der Waals surface area contributed by atoms with E-state index in [1.54, 1.807) is 6.92 Å². The molecule has 7 nitrogen and oxygen atoms in total. The molecular weight excluding hydrogens is 317 g/mol. The number of hydrogen-bond acceptors (Lipinski definition) is 5. The Morgan fingerprint density at radius 3 is 2.68 bits per heavy atom. The minimum absolute atomic E-state index is 0.0249.